The number of nitrogens with zero attached hydrogens (tertiary/aromatic N) is 7. The van der Waals surface area contributed by atoms with Gasteiger partial charge in [-0.25, -0.2) is 15.4 Å². The average molecular weight is 620 g/mol. The number of amides is 1. The minimum absolute atomic E-state index is 0.0407. The second kappa shape index (κ2) is 12.9. The van der Waals surface area contributed by atoms with Crippen LogP contribution in [0.1, 0.15) is 29.7 Å². The molecule has 14 heteroatoms. The topological polar surface area (TPSA) is 69.4 Å². The van der Waals surface area contributed by atoms with Crippen LogP contribution in [0.2, 0.25) is 0 Å². The number of halogens is 5. The number of anilines is 2. The highest BCUT2D eigenvalue weighted by Crippen LogP contribution is 2.40. The maximum atomic E-state index is 14.4. The summed E-state index contributed by atoms with van der Waals surface area (Å²) in [6, 6.07) is 2.70. The number of ether oxygens (including phenoxy) is 1. The van der Waals surface area contributed by atoms with E-state index in [1.807, 2.05) is 11.9 Å². The first kappa shape index (κ1) is 31.4. The van der Waals surface area contributed by atoms with Crippen LogP contribution in [0.25, 0.3) is 4.85 Å². The van der Waals surface area contributed by atoms with Crippen LogP contribution in [0.4, 0.5) is 33.5 Å². The lowest BCUT2D eigenvalue weighted by Crippen LogP contribution is -2.57. The number of rotatable bonds is 10. The normalized spacial score (nSPS) is 18.7. The molecule has 2 aliphatic heterocycles. The minimum atomic E-state index is -4.89. The highest BCUT2D eigenvalue weighted by molar-refractivity contribution is 5.91. The Morgan fingerprint density at radius 2 is 1.98 bits per heavy atom. The van der Waals surface area contributed by atoms with E-state index >= 15 is 0 Å². The van der Waals surface area contributed by atoms with Crippen molar-refractivity contribution in [2.24, 2.45) is 5.92 Å². The van der Waals surface area contributed by atoms with Crippen LogP contribution in [-0.4, -0.2) is 91.2 Å². The Morgan fingerprint density at radius 1 is 1.20 bits per heavy atom. The number of aromatic nitrogens is 2. The molecule has 2 aromatic rings. The number of carbonyl (C=O) groups excluding carboxylic acids is 1. The zero-order valence-corrected chi connectivity index (χ0v) is 24.4. The molecule has 0 spiro atoms. The summed E-state index contributed by atoms with van der Waals surface area (Å²) in [5, 5.41) is 0. The second-order valence-corrected chi connectivity index (χ2v) is 11.5. The Labute approximate surface area is 252 Å². The summed E-state index contributed by atoms with van der Waals surface area (Å²) < 4.78 is 75.7. The van der Waals surface area contributed by atoms with Gasteiger partial charge in [-0.15, -0.1) is 0 Å². The van der Waals surface area contributed by atoms with Gasteiger partial charge in [0.1, 0.15) is 29.8 Å². The Hall–Kier alpha value is -3.99. The van der Waals surface area contributed by atoms with Crippen LogP contribution >= 0.6 is 0 Å². The molecule has 1 saturated carbocycles. The fourth-order valence-corrected chi connectivity index (χ4v) is 5.83. The molecular weight excluding hydrogens is 585 g/mol. The molecule has 1 saturated heterocycles. The molecule has 9 nitrogen and oxygen atoms in total. The lowest BCUT2D eigenvalue weighted by atomic mass is 10.0. The monoisotopic (exact) mass is 619 g/mol. The van der Waals surface area contributed by atoms with Crippen molar-refractivity contribution in [2.75, 3.05) is 69.3 Å². The van der Waals surface area contributed by atoms with Crippen molar-refractivity contribution in [1.82, 2.24) is 19.8 Å². The molecule has 44 heavy (non-hydrogen) atoms. The molecule has 0 radical (unpaired) electrons. The third-order valence-electron chi connectivity index (χ3n) is 8.19. The highest BCUT2D eigenvalue weighted by atomic mass is 19.4. The molecular formula is C30H34F5N7O2. The van der Waals surface area contributed by atoms with E-state index in [9.17, 15) is 26.7 Å². The second-order valence-electron chi connectivity index (χ2n) is 11.5. The number of hydrogen-bond acceptors (Lipinski definition) is 7. The van der Waals surface area contributed by atoms with Crippen LogP contribution in [0.5, 0.6) is 6.01 Å². The van der Waals surface area contributed by atoms with E-state index in [1.54, 1.807) is 0 Å². The summed E-state index contributed by atoms with van der Waals surface area (Å²) >= 11 is 0. The maximum Gasteiger partial charge on any atom is 0.421 e. The van der Waals surface area contributed by atoms with Gasteiger partial charge in [-0.05, 0) is 44.4 Å². The van der Waals surface area contributed by atoms with E-state index in [2.05, 4.69) is 21.3 Å². The summed E-state index contributed by atoms with van der Waals surface area (Å²) in [4.78, 5) is 31.9. The van der Waals surface area contributed by atoms with E-state index in [1.165, 1.54) is 34.8 Å². The van der Waals surface area contributed by atoms with Crippen LogP contribution in [0.3, 0.4) is 0 Å². The van der Waals surface area contributed by atoms with E-state index in [4.69, 9.17) is 16.3 Å². The smallest absolute Gasteiger partial charge is 0.421 e. The summed E-state index contributed by atoms with van der Waals surface area (Å²) in [5.41, 5.74) is -0.466. The summed E-state index contributed by atoms with van der Waals surface area (Å²) in [5.74, 6) is -2.13. The SMILES string of the molecule is [C-]#[N+]C[C@H]1CN(c2nc(OCCN(C)CC3CC3)nc3c2CCN(c2cccc(F)c2C(F)(F)F)C3)CCN1C(=O)C(=C)F. The Kier molecular flexibility index (Phi) is 9.24. The van der Waals surface area contributed by atoms with E-state index in [0.29, 0.717) is 29.5 Å². The lowest BCUT2D eigenvalue weighted by molar-refractivity contribution is -0.139. The van der Waals surface area contributed by atoms with Crippen molar-refractivity contribution in [3.05, 3.63) is 64.7 Å². The average Bonchev–Trinajstić information content (AvgIpc) is 3.79. The summed E-state index contributed by atoms with van der Waals surface area (Å²) in [6.45, 7) is 12.9. The first-order valence-corrected chi connectivity index (χ1v) is 14.5. The Bertz CT molecular complexity index is 1440. The Balaban J connectivity index is 1.44. The van der Waals surface area contributed by atoms with Crippen LogP contribution in [0, 0.1) is 18.3 Å². The molecule has 0 unspecified atom stereocenters. The summed E-state index contributed by atoms with van der Waals surface area (Å²) in [7, 11) is 2.00. The molecule has 5 rings (SSSR count). The van der Waals surface area contributed by atoms with Crippen molar-refractivity contribution >= 4 is 17.4 Å². The van der Waals surface area contributed by atoms with Gasteiger partial charge in [0.15, 0.2) is 5.83 Å². The predicted molar refractivity (Wildman–Crippen MR) is 153 cm³/mol. The van der Waals surface area contributed by atoms with Gasteiger partial charge < -0.3 is 29.2 Å². The fourth-order valence-electron chi connectivity index (χ4n) is 5.83. The van der Waals surface area contributed by atoms with Gasteiger partial charge in [-0.1, -0.05) is 12.6 Å². The first-order valence-electron chi connectivity index (χ1n) is 14.5. The molecule has 1 aliphatic carbocycles. The summed E-state index contributed by atoms with van der Waals surface area (Å²) in [6.07, 6.45) is -2.20. The van der Waals surface area contributed by atoms with E-state index in [0.717, 1.165) is 12.6 Å². The largest absolute Gasteiger partial charge is 0.462 e. The number of benzene rings is 1. The van der Waals surface area contributed by atoms with Crippen molar-refractivity contribution in [3.8, 4) is 6.01 Å². The maximum absolute atomic E-state index is 14.4. The van der Waals surface area contributed by atoms with Gasteiger partial charge in [-0.3, -0.25) is 4.79 Å². The number of likely N-dealkylation sites (N-methyl/N-ethyl adjacent to an activating group) is 1. The van der Waals surface area contributed by atoms with Gasteiger partial charge in [0, 0.05) is 44.8 Å². The molecule has 0 N–H and O–H groups in total. The van der Waals surface area contributed by atoms with Gasteiger partial charge in [0.05, 0.1) is 17.9 Å². The first-order chi connectivity index (χ1) is 21.0. The third-order valence-corrected chi connectivity index (χ3v) is 8.19. The number of carbonyl (C=O) groups is 1. The standard InChI is InChI=1S/C30H34F5N7O2/c1-19(31)28(43)42-12-11-41(17-21(42)15-36-2)27-22-9-10-40(25-6-4-5-23(32)26(25)30(33,34)35)18-24(22)37-29(38-27)44-14-13-39(3)16-20-7-8-20/h4-6,20-21H,1,7-18H2,3H3/t21-/m0/s1. The van der Waals surface area contributed by atoms with Gasteiger partial charge in [0.2, 0.25) is 6.54 Å². The number of hydrogen-bond donors (Lipinski definition) is 0. The molecule has 2 fully saturated rings. The van der Waals surface area contributed by atoms with E-state index < -0.39 is 35.3 Å². The van der Waals surface area contributed by atoms with Crippen molar-refractivity contribution < 1.29 is 31.5 Å². The zero-order chi connectivity index (χ0) is 31.6. The predicted octanol–water partition coefficient (Wildman–Crippen LogP) is 4.34. The number of alkyl halides is 3. The van der Waals surface area contributed by atoms with Gasteiger partial charge in [0.25, 0.3) is 5.91 Å². The lowest BCUT2D eigenvalue weighted by Gasteiger charge is -2.41. The van der Waals surface area contributed by atoms with E-state index in [-0.39, 0.29) is 64.0 Å². The van der Waals surface area contributed by atoms with Crippen LogP contribution in [0.15, 0.2) is 30.6 Å². The van der Waals surface area contributed by atoms with Crippen molar-refractivity contribution in [3.63, 3.8) is 0 Å². The molecule has 1 amide bonds. The van der Waals surface area contributed by atoms with Gasteiger partial charge in [-0.2, -0.15) is 23.1 Å². The molecule has 3 aliphatic rings. The quantitative estimate of drug-likeness (QED) is 0.223. The van der Waals surface area contributed by atoms with Crippen molar-refractivity contribution in [1.29, 1.82) is 0 Å². The zero-order valence-electron chi connectivity index (χ0n) is 24.4. The molecule has 1 atom stereocenters. The highest BCUT2D eigenvalue weighted by Gasteiger charge is 2.40. The molecule has 3 heterocycles. The van der Waals surface area contributed by atoms with Gasteiger partial charge >= 0.3 is 12.2 Å². The number of piperazine rings is 1. The minimum Gasteiger partial charge on any atom is -0.462 e. The number of fused-ring (bicyclic) bond motifs is 1. The molecule has 0 bridgehead atoms. The molecule has 236 valence electrons. The van der Waals surface area contributed by atoms with Crippen molar-refractivity contribution in [2.45, 2.75) is 38.0 Å². The van der Waals surface area contributed by atoms with Crippen LogP contribution < -0.4 is 14.5 Å². The molecule has 1 aromatic heterocycles. The third kappa shape index (κ3) is 7.04. The van der Waals surface area contributed by atoms with Crippen LogP contribution in [-0.2, 0) is 23.9 Å². The fraction of sp³-hybridized carbons (Fsp3) is 0.533. The Morgan fingerprint density at radius 3 is 2.66 bits per heavy atom. The molecule has 1 aromatic carbocycles.